The van der Waals surface area contributed by atoms with Crippen LogP contribution < -0.4 is 21.7 Å². The second kappa shape index (κ2) is 11.3. The normalized spacial score (nSPS) is 17.2. The third kappa shape index (κ3) is 6.81. The first-order valence-electron chi connectivity index (χ1n) is 10.9. The Bertz CT molecular complexity index is 934. The maximum absolute atomic E-state index is 12.9. The van der Waals surface area contributed by atoms with E-state index in [4.69, 9.17) is 5.73 Å². The van der Waals surface area contributed by atoms with Crippen LogP contribution in [0, 0.1) is 5.92 Å². The molecule has 1 aliphatic rings. The van der Waals surface area contributed by atoms with Gasteiger partial charge in [0.15, 0.2) is 0 Å². The number of piperidine rings is 1. The van der Waals surface area contributed by atoms with Crippen molar-refractivity contribution < 1.29 is 14.4 Å². The number of hydrogen-bond acceptors (Lipinski definition) is 4. The number of benzene rings is 2. The summed E-state index contributed by atoms with van der Waals surface area (Å²) >= 11 is 0. The first-order chi connectivity index (χ1) is 15.4. The molecule has 8 heteroatoms. The second-order valence-electron chi connectivity index (χ2n) is 8.19. The number of para-hydroxylation sites is 1. The Morgan fingerprint density at radius 2 is 1.81 bits per heavy atom. The van der Waals surface area contributed by atoms with E-state index >= 15 is 0 Å². The highest BCUT2D eigenvalue weighted by Crippen LogP contribution is 2.19. The van der Waals surface area contributed by atoms with Gasteiger partial charge in [-0.3, -0.25) is 14.5 Å². The first kappa shape index (κ1) is 23.3. The van der Waals surface area contributed by atoms with E-state index in [2.05, 4.69) is 20.9 Å². The average Bonchev–Trinajstić information content (AvgIpc) is 2.78. The van der Waals surface area contributed by atoms with Crippen LogP contribution in [0.4, 0.5) is 10.5 Å². The number of carbonyl (C=O) groups excluding carboxylic acids is 3. The number of hydrogen-bond donors (Lipinski definition) is 4. The molecule has 8 nitrogen and oxygen atoms in total. The molecule has 0 bridgehead atoms. The first-order valence-corrected chi connectivity index (χ1v) is 10.9. The summed E-state index contributed by atoms with van der Waals surface area (Å²) < 4.78 is 0. The number of anilines is 1. The summed E-state index contributed by atoms with van der Waals surface area (Å²) in [7, 11) is 0. The lowest BCUT2D eigenvalue weighted by Gasteiger charge is -2.32. The highest BCUT2D eigenvalue weighted by Gasteiger charge is 2.23. The van der Waals surface area contributed by atoms with Gasteiger partial charge in [0, 0.05) is 13.1 Å². The number of nitrogens with one attached hydrogen (secondary N) is 3. The molecule has 2 aromatic carbocycles. The molecule has 0 aliphatic carbocycles. The minimum Gasteiger partial charge on any atom is -0.352 e. The van der Waals surface area contributed by atoms with E-state index in [1.165, 1.54) is 0 Å². The van der Waals surface area contributed by atoms with Gasteiger partial charge in [-0.05, 0) is 49.9 Å². The zero-order valence-corrected chi connectivity index (χ0v) is 18.3. The van der Waals surface area contributed by atoms with Crippen LogP contribution in [-0.2, 0) is 4.79 Å². The third-order valence-corrected chi connectivity index (χ3v) is 5.63. The maximum atomic E-state index is 12.9. The molecule has 3 rings (SSSR count). The largest absolute Gasteiger partial charge is 0.352 e. The number of likely N-dealkylation sites (tertiary alicyclic amines) is 1. The fourth-order valence-electron chi connectivity index (χ4n) is 3.99. The van der Waals surface area contributed by atoms with Gasteiger partial charge in [0.2, 0.25) is 5.91 Å². The third-order valence-electron chi connectivity index (χ3n) is 5.63. The molecule has 1 heterocycles. The molecule has 0 aromatic heterocycles. The number of amides is 4. The van der Waals surface area contributed by atoms with Crippen LogP contribution >= 0.6 is 0 Å². The van der Waals surface area contributed by atoms with Crippen LogP contribution in [0.3, 0.4) is 0 Å². The highest BCUT2D eigenvalue weighted by molar-refractivity contribution is 6.04. The van der Waals surface area contributed by atoms with Gasteiger partial charge in [0.1, 0.15) is 0 Å². The second-order valence-corrected chi connectivity index (χ2v) is 8.19. The summed E-state index contributed by atoms with van der Waals surface area (Å²) in [6.07, 6.45) is 1.94. The molecule has 5 N–H and O–H groups in total. The standard InChI is InChI=1S/C24H31N5O3/c1-17(19-9-3-2-4-10-19)27-23(31)20-11-5-6-12-21(20)28-22(30)16-29-13-7-8-18(15-29)14-26-24(25)32/h2-6,9-12,17-18H,7-8,13-16H2,1H3,(H,27,31)(H,28,30)(H3,25,26,32)/t17-,18+/m1/s1. The molecule has 2 aromatic rings. The summed E-state index contributed by atoms with van der Waals surface area (Å²) in [6.45, 7) is 4.19. The van der Waals surface area contributed by atoms with Crippen LogP contribution in [-0.4, -0.2) is 48.9 Å². The topological polar surface area (TPSA) is 117 Å². The number of carbonyl (C=O) groups is 3. The van der Waals surface area contributed by atoms with E-state index in [0.717, 1.165) is 24.9 Å². The summed E-state index contributed by atoms with van der Waals surface area (Å²) in [5, 5.41) is 8.52. The Labute approximate surface area is 188 Å². The summed E-state index contributed by atoms with van der Waals surface area (Å²) in [4.78, 5) is 38.6. The van der Waals surface area contributed by atoms with E-state index in [0.29, 0.717) is 24.3 Å². The molecule has 2 atom stereocenters. The van der Waals surface area contributed by atoms with Crippen molar-refractivity contribution in [2.75, 3.05) is 31.5 Å². The molecule has 4 amide bonds. The fraction of sp³-hybridized carbons (Fsp3) is 0.375. The number of rotatable bonds is 8. The molecular formula is C24H31N5O3. The van der Waals surface area contributed by atoms with Crippen LogP contribution in [0.2, 0.25) is 0 Å². The van der Waals surface area contributed by atoms with E-state index in [9.17, 15) is 14.4 Å². The van der Waals surface area contributed by atoms with Crippen LogP contribution in [0.25, 0.3) is 0 Å². The fourth-order valence-corrected chi connectivity index (χ4v) is 3.99. The van der Waals surface area contributed by atoms with E-state index < -0.39 is 6.03 Å². The molecule has 1 aliphatic heterocycles. The van der Waals surface area contributed by atoms with Crippen molar-refractivity contribution >= 4 is 23.5 Å². The van der Waals surface area contributed by atoms with Gasteiger partial charge in [-0.2, -0.15) is 0 Å². The van der Waals surface area contributed by atoms with Crippen molar-refractivity contribution in [3.8, 4) is 0 Å². The quantitative estimate of drug-likeness (QED) is 0.508. The molecule has 0 radical (unpaired) electrons. The number of urea groups is 1. The SMILES string of the molecule is C[C@@H](NC(=O)c1ccccc1NC(=O)CN1CCC[C@@H](CNC(N)=O)C1)c1ccccc1. The summed E-state index contributed by atoms with van der Waals surface area (Å²) in [6, 6.07) is 16.0. The predicted molar refractivity (Wildman–Crippen MR) is 124 cm³/mol. The van der Waals surface area contributed by atoms with Crippen molar-refractivity contribution in [3.05, 3.63) is 65.7 Å². The lowest BCUT2D eigenvalue weighted by atomic mass is 9.98. The van der Waals surface area contributed by atoms with Gasteiger partial charge in [-0.15, -0.1) is 0 Å². The van der Waals surface area contributed by atoms with E-state index in [1.807, 2.05) is 37.3 Å². The zero-order chi connectivity index (χ0) is 22.9. The lowest BCUT2D eigenvalue weighted by molar-refractivity contribution is -0.117. The summed E-state index contributed by atoms with van der Waals surface area (Å²) in [5.41, 5.74) is 7.07. The van der Waals surface area contributed by atoms with E-state index in [1.54, 1.807) is 24.3 Å². The average molecular weight is 438 g/mol. The monoisotopic (exact) mass is 437 g/mol. The Kier molecular flexibility index (Phi) is 8.21. The minimum atomic E-state index is -0.531. The van der Waals surface area contributed by atoms with Gasteiger partial charge in [0.05, 0.1) is 23.8 Å². The van der Waals surface area contributed by atoms with Crippen LogP contribution in [0.15, 0.2) is 54.6 Å². The van der Waals surface area contributed by atoms with Gasteiger partial charge >= 0.3 is 6.03 Å². The van der Waals surface area contributed by atoms with Crippen molar-refractivity contribution in [2.45, 2.75) is 25.8 Å². The van der Waals surface area contributed by atoms with Crippen molar-refractivity contribution in [1.82, 2.24) is 15.5 Å². The molecule has 1 saturated heterocycles. The van der Waals surface area contributed by atoms with Crippen molar-refractivity contribution in [1.29, 1.82) is 0 Å². The predicted octanol–water partition coefficient (Wildman–Crippen LogP) is 2.50. The Morgan fingerprint density at radius 3 is 2.56 bits per heavy atom. The molecule has 0 saturated carbocycles. The Morgan fingerprint density at radius 1 is 1.09 bits per heavy atom. The molecule has 1 fully saturated rings. The number of primary amides is 1. The molecule has 170 valence electrons. The van der Waals surface area contributed by atoms with Gasteiger partial charge in [0.25, 0.3) is 5.91 Å². The van der Waals surface area contributed by atoms with Crippen molar-refractivity contribution in [3.63, 3.8) is 0 Å². The molecule has 0 unspecified atom stereocenters. The number of nitrogens with two attached hydrogens (primary N) is 1. The highest BCUT2D eigenvalue weighted by atomic mass is 16.2. The van der Waals surface area contributed by atoms with Crippen LogP contribution in [0.1, 0.15) is 41.7 Å². The lowest BCUT2D eigenvalue weighted by Crippen LogP contribution is -2.44. The van der Waals surface area contributed by atoms with E-state index in [-0.39, 0.29) is 30.3 Å². The number of nitrogens with zero attached hydrogens (tertiary/aromatic N) is 1. The van der Waals surface area contributed by atoms with Crippen molar-refractivity contribution in [2.24, 2.45) is 11.7 Å². The maximum Gasteiger partial charge on any atom is 0.312 e. The Balaban J connectivity index is 1.57. The van der Waals surface area contributed by atoms with Gasteiger partial charge in [-0.1, -0.05) is 42.5 Å². The van der Waals surface area contributed by atoms with Crippen LogP contribution in [0.5, 0.6) is 0 Å². The summed E-state index contributed by atoms with van der Waals surface area (Å²) in [5.74, 6) is -0.153. The smallest absolute Gasteiger partial charge is 0.312 e. The molecule has 0 spiro atoms. The van der Waals surface area contributed by atoms with Gasteiger partial charge < -0.3 is 21.7 Å². The minimum absolute atomic E-state index is 0.160. The van der Waals surface area contributed by atoms with Gasteiger partial charge in [-0.25, -0.2) is 4.79 Å². The molecule has 32 heavy (non-hydrogen) atoms. The zero-order valence-electron chi connectivity index (χ0n) is 18.3. The Hall–Kier alpha value is -3.39. The molecular weight excluding hydrogens is 406 g/mol.